The molecule has 1 saturated heterocycles. The highest BCUT2D eigenvalue weighted by atomic mass is 16.5. The maximum atomic E-state index is 13.2. The predicted octanol–water partition coefficient (Wildman–Crippen LogP) is 3.89. The third-order valence-electron chi connectivity index (χ3n) is 7.95. The van der Waals surface area contributed by atoms with Crippen molar-refractivity contribution in [3.8, 4) is 5.75 Å². The molecule has 2 aliphatic heterocycles. The maximum Gasteiger partial charge on any atom is 0.235 e. The van der Waals surface area contributed by atoms with E-state index in [1.165, 1.54) is 0 Å². The lowest BCUT2D eigenvalue weighted by molar-refractivity contribution is -0.123. The lowest BCUT2D eigenvalue weighted by Crippen LogP contribution is -2.40. The fourth-order valence-corrected chi connectivity index (χ4v) is 5.42. The van der Waals surface area contributed by atoms with Gasteiger partial charge < -0.3 is 30.3 Å². The molecule has 5 rings (SSSR count). The van der Waals surface area contributed by atoms with Crippen molar-refractivity contribution in [3.05, 3.63) is 59.7 Å². The zero-order chi connectivity index (χ0) is 26.0. The topological polar surface area (TPSA) is 101 Å². The van der Waals surface area contributed by atoms with Gasteiger partial charge in [0.1, 0.15) is 17.7 Å². The summed E-state index contributed by atoms with van der Waals surface area (Å²) in [6, 6.07) is 13.9. The molecule has 4 N–H and O–H groups in total. The lowest BCUT2D eigenvalue weighted by atomic mass is 9.65. The molecule has 0 aromatic heterocycles. The fraction of sp³-hybridized carbons (Fsp3) is 0.448. The number of aliphatic hydroxyl groups is 1. The minimum absolute atomic E-state index is 0.0299. The van der Waals surface area contributed by atoms with Crippen LogP contribution in [-0.4, -0.2) is 73.1 Å². The average molecular weight is 504 g/mol. The molecule has 1 saturated carbocycles. The van der Waals surface area contributed by atoms with Gasteiger partial charge in [0.2, 0.25) is 5.91 Å². The molecule has 8 nitrogen and oxygen atoms in total. The first kappa shape index (κ1) is 25.3. The standard InChI is InChI=1S/C29H37N5O3/c1-33-13-9-22(10-14-33)37-25-18-20(17-23-27(25)32-28(36)29(23)11-6-12-29)24(19-26(30)34(2)15-16-35)31-21-7-4-3-5-8-21/h3-5,7-8,17-19,22,30-31,35H,6,9-16H2,1-2H3,(H,32,36)/b24-19-,30-26?. The van der Waals surface area contributed by atoms with E-state index in [0.29, 0.717) is 12.3 Å². The summed E-state index contributed by atoms with van der Waals surface area (Å²) >= 11 is 0. The number of hydrogen-bond acceptors (Lipinski definition) is 6. The number of carbonyl (C=O) groups is 1. The van der Waals surface area contributed by atoms with Crippen molar-refractivity contribution >= 4 is 28.8 Å². The van der Waals surface area contributed by atoms with Gasteiger partial charge in [0, 0.05) is 49.7 Å². The number of amides is 1. The van der Waals surface area contributed by atoms with Crippen LogP contribution in [0, 0.1) is 5.41 Å². The first-order chi connectivity index (χ1) is 17.9. The number of piperidine rings is 1. The summed E-state index contributed by atoms with van der Waals surface area (Å²) in [6.07, 6.45) is 6.46. The lowest BCUT2D eigenvalue weighted by Gasteiger charge is -2.36. The van der Waals surface area contributed by atoms with Gasteiger partial charge in [-0.1, -0.05) is 24.6 Å². The van der Waals surface area contributed by atoms with Gasteiger partial charge in [0.15, 0.2) is 0 Å². The van der Waals surface area contributed by atoms with Gasteiger partial charge in [0.05, 0.1) is 17.7 Å². The van der Waals surface area contributed by atoms with Gasteiger partial charge in [-0.05, 0) is 62.6 Å². The normalized spacial score (nSPS) is 19.2. The number of nitrogens with zero attached hydrogens (tertiary/aromatic N) is 2. The fourth-order valence-electron chi connectivity index (χ4n) is 5.42. The third kappa shape index (κ3) is 5.08. The molecule has 1 spiro atoms. The molecular weight excluding hydrogens is 466 g/mol. The van der Waals surface area contributed by atoms with Crippen molar-refractivity contribution in [1.82, 2.24) is 9.80 Å². The highest BCUT2D eigenvalue weighted by Crippen LogP contribution is 2.54. The molecule has 2 aromatic rings. The number of rotatable bonds is 8. The van der Waals surface area contributed by atoms with Crippen LogP contribution in [0.15, 0.2) is 48.5 Å². The van der Waals surface area contributed by atoms with E-state index in [9.17, 15) is 9.90 Å². The number of carbonyl (C=O) groups excluding carboxylic acids is 1. The van der Waals surface area contributed by atoms with Crippen LogP contribution < -0.4 is 15.4 Å². The number of hydrogen-bond donors (Lipinski definition) is 4. The summed E-state index contributed by atoms with van der Waals surface area (Å²) in [4.78, 5) is 17.2. The van der Waals surface area contributed by atoms with Gasteiger partial charge in [-0.25, -0.2) is 0 Å². The Labute approximate surface area is 218 Å². The van der Waals surface area contributed by atoms with E-state index in [1.54, 1.807) is 18.0 Å². The molecule has 0 radical (unpaired) electrons. The minimum Gasteiger partial charge on any atom is -0.488 e. The van der Waals surface area contributed by atoms with Crippen molar-refractivity contribution in [2.24, 2.45) is 0 Å². The molecule has 0 atom stereocenters. The molecule has 2 aromatic carbocycles. The molecule has 0 bridgehead atoms. The van der Waals surface area contributed by atoms with E-state index in [2.05, 4.69) is 28.6 Å². The number of likely N-dealkylation sites (tertiary alicyclic amines) is 1. The smallest absolute Gasteiger partial charge is 0.235 e. The van der Waals surface area contributed by atoms with Crippen LogP contribution >= 0.6 is 0 Å². The van der Waals surface area contributed by atoms with Crippen LogP contribution in [0.25, 0.3) is 5.70 Å². The number of fused-ring (bicyclic) bond motifs is 2. The van der Waals surface area contributed by atoms with Crippen molar-refractivity contribution in [1.29, 1.82) is 5.41 Å². The van der Waals surface area contributed by atoms with Crippen LogP contribution in [0.5, 0.6) is 5.75 Å². The second-order valence-corrected chi connectivity index (χ2v) is 10.5. The molecule has 3 aliphatic rings. The highest BCUT2D eigenvalue weighted by molar-refractivity contribution is 6.09. The number of anilines is 2. The molecule has 37 heavy (non-hydrogen) atoms. The minimum atomic E-state index is -0.491. The highest BCUT2D eigenvalue weighted by Gasteiger charge is 2.52. The first-order valence-corrected chi connectivity index (χ1v) is 13.2. The first-order valence-electron chi connectivity index (χ1n) is 13.2. The van der Waals surface area contributed by atoms with Crippen molar-refractivity contribution < 1.29 is 14.6 Å². The number of amidine groups is 1. The quantitative estimate of drug-likeness (QED) is 0.322. The molecule has 0 unspecified atom stereocenters. The van der Waals surface area contributed by atoms with E-state index in [0.717, 1.165) is 73.4 Å². The van der Waals surface area contributed by atoms with E-state index < -0.39 is 5.41 Å². The Morgan fingerprint density at radius 3 is 2.65 bits per heavy atom. The monoisotopic (exact) mass is 503 g/mol. The number of ether oxygens (including phenoxy) is 1. The molecule has 1 aliphatic carbocycles. The Hall–Kier alpha value is -3.36. The van der Waals surface area contributed by atoms with E-state index in [1.807, 2.05) is 36.4 Å². The number of benzene rings is 2. The molecule has 8 heteroatoms. The van der Waals surface area contributed by atoms with Gasteiger partial charge in [-0.3, -0.25) is 10.2 Å². The van der Waals surface area contributed by atoms with Gasteiger partial charge in [-0.2, -0.15) is 0 Å². The van der Waals surface area contributed by atoms with Crippen molar-refractivity contribution in [3.63, 3.8) is 0 Å². The second-order valence-electron chi connectivity index (χ2n) is 10.5. The van der Waals surface area contributed by atoms with Gasteiger partial charge in [0.25, 0.3) is 0 Å². The summed E-state index contributed by atoms with van der Waals surface area (Å²) in [5.74, 6) is 1.05. The van der Waals surface area contributed by atoms with Crippen molar-refractivity contribution in [2.75, 3.05) is 51.0 Å². The summed E-state index contributed by atoms with van der Waals surface area (Å²) in [5.41, 5.74) is 3.83. The van der Waals surface area contributed by atoms with Crippen molar-refractivity contribution in [2.45, 2.75) is 43.6 Å². The Balaban J connectivity index is 1.57. The van der Waals surface area contributed by atoms with Crippen LogP contribution in [0.3, 0.4) is 0 Å². The Morgan fingerprint density at radius 2 is 2.00 bits per heavy atom. The second kappa shape index (κ2) is 10.6. The third-order valence-corrected chi connectivity index (χ3v) is 7.95. The van der Waals surface area contributed by atoms with E-state index in [-0.39, 0.29) is 24.5 Å². The summed E-state index contributed by atoms with van der Waals surface area (Å²) in [5, 5.41) is 24.6. The SMILES string of the molecule is CN1CCC(Oc2cc(/C(=C/C(=N)N(C)CCO)Nc3ccccc3)cc3c2NC(=O)C32CCC2)CC1. The number of para-hydroxylation sites is 1. The Morgan fingerprint density at radius 1 is 1.27 bits per heavy atom. The molecular formula is C29H37N5O3. The van der Waals surface area contributed by atoms with Crippen LogP contribution in [0.1, 0.15) is 43.2 Å². The predicted molar refractivity (Wildman–Crippen MR) is 147 cm³/mol. The molecule has 1 amide bonds. The average Bonchev–Trinajstić information content (AvgIpc) is 3.18. The van der Waals surface area contributed by atoms with Crippen LogP contribution in [0.4, 0.5) is 11.4 Å². The molecule has 2 heterocycles. The Bertz CT molecular complexity index is 1180. The summed E-state index contributed by atoms with van der Waals surface area (Å²) in [7, 11) is 3.92. The molecule has 2 fully saturated rings. The summed E-state index contributed by atoms with van der Waals surface area (Å²) < 4.78 is 6.60. The van der Waals surface area contributed by atoms with Gasteiger partial charge >= 0.3 is 0 Å². The molecule has 196 valence electrons. The van der Waals surface area contributed by atoms with Crippen LogP contribution in [0.2, 0.25) is 0 Å². The van der Waals surface area contributed by atoms with Gasteiger partial charge in [-0.15, -0.1) is 0 Å². The number of likely N-dealkylation sites (N-methyl/N-ethyl adjacent to an activating group) is 1. The van der Waals surface area contributed by atoms with E-state index >= 15 is 0 Å². The van der Waals surface area contributed by atoms with Crippen LogP contribution in [-0.2, 0) is 10.2 Å². The Kier molecular flexibility index (Phi) is 7.22. The number of aliphatic hydroxyl groups excluding tert-OH is 1. The summed E-state index contributed by atoms with van der Waals surface area (Å²) in [6.45, 7) is 2.30. The largest absolute Gasteiger partial charge is 0.488 e. The van der Waals surface area contributed by atoms with E-state index in [4.69, 9.17) is 10.1 Å². The zero-order valence-corrected chi connectivity index (χ0v) is 21.7. The number of nitrogens with one attached hydrogen (secondary N) is 3. The maximum absolute atomic E-state index is 13.2. The zero-order valence-electron chi connectivity index (χ0n) is 21.7.